The van der Waals surface area contributed by atoms with Crippen molar-refractivity contribution in [1.29, 1.82) is 0 Å². The van der Waals surface area contributed by atoms with E-state index in [9.17, 15) is 9.59 Å². The van der Waals surface area contributed by atoms with Crippen LogP contribution in [0.3, 0.4) is 0 Å². The van der Waals surface area contributed by atoms with Gasteiger partial charge >= 0.3 is 0 Å². The number of anilines is 2. The standard InChI is InChI=1S/C24H28N4O4/c1-31-20-3-2-18-15-27(7-4-17(18)10-20)24(30)19-11-21-23(25-12-19)26-13-22(29)28(21)14-16-5-8-32-9-6-16/h2-3,10-12,16H,4-9,13-15H2,1H3,(H,25,26). The van der Waals surface area contributed by atoms with Gasteiger partial charge in [-0.05, 0) is 54.5 Å². The normalized spacial score (nSPS) is 18.6. The number of carbonyl (C=O) groups excluding carboxylic acids is 2. The van der Waals surface area contributed by atoms with Crippen molar-refractivity contribution in [3.63, 3.8) is 0 Å². The van der Waals surface area contributed by atoms with E-state index in [0.29, 0.717) is 42.6 Å². The Morgan fingerprint density at radius 1 is 1.25 bits per heavy atom. The maximum Gasteiger partial charge on any atom is 0.255 e. The molecule has 1 saturated heterocycles. The summed E-state index contributed by atoms with van der Waals surface area (Å²) in [5.41, 5.74) is 3.55. The summed E-state index contributed by atoms with van der Waals surface area (Å²) in [6.45, 7) is 3.52. The molecule has 0 saturated carbocycles. The third kappa shape index (κ3) is 4.02. The maximum atomic E-state index is 13.3. The van der Waals surface area contributed by atoms with E-state index in [-0.39, 0.29) is 18.4 Å². The first kappa shape index (κ1) is 20.8. The number of hydrogen-bond donors (Lipinski definition) is 1. The predicted octanol–water partition coefficient (Wildman–Crippen LogP) is 2.47. The molecule has 1 aromatic heterocycles. The number of amides is 2. The van der Waals surface area contributed by atoms with Crippen molar-refractivity contribution >= 4 is 23.3 Å². The molecule has 0 unspecified atom stereocenters. The summed E-state index contributed by atoms with van der Waals surface area (Å²) in [7, 11) is 1.66. The highest BCUT2D eigenvalue weighted by molar-refractivity contribution is 6.04. The van der Waals surface area contributed by atoms with Crippen molar-refractivity contribution in [2.24, 2.45) is 5.92 Å². The number of rotatable bonds is 4. The van der Waals surface area contributed by atoms with Crippen LogP contribution < -0.4 is 15.0 Å². The van der Waals surface area contributed by atoms with Gasteiger partial charge in [0.2, 0.25) is 5.91 Å². The fourth-order valence-electron chi connectivity index (χ4n) is 4.70. The lowest BCUT2D eigenvalue weighted by molar-refractivity contribution is -0.117. The van der Waals surface area contributed by atoms with E-state index >= 15 is 0 Å². The Bertz CT molecular complexity index is 1030. The monoisotopic (exact) mass is 436 g/mol. The van der Waals surface area contributed by atoms with E-state index in [2.05, 4.69) is 10.3 Å². The van der Waals surface area contributed by atoms with Crippen LogP contribution in [0.4, 0.5) is 11.5 Å². The van der Waals surface area contributed by atoms with Gasteiger partial charge in [-0.25, -0.2) is 4.98 Å². The summed E-state index contributed by atoms with van der Waals surface area (Å²) in [6.07, 6.45) is 4.28. The molecule has 0 atom stereocenters. The van der Waals surface area contributed by atoms with Crippen LogP contribution in [-0.2, 0) is 22.5 Å². The maximum absolute atomic E-state index is 13.3. The summed E-state index contributed by atoms with van der Waals surface area (Å²) >= 11 is 0. The molecule has 8 heteroatoms. The summed E-state index contributed by atoms with van der Waals surface area (Å²) in [5.74, 6) is 1.84. The summed E-state index contributed by atoms with van der Waals surface area (Å²) in [4.78, 5) is 34.1. The van der Waals surface area contributed by atoms with Crippen molar-refractivity contribution in [1.82, 2.24) is 9.88 Å². The van der Waals surface area contributed by atoms with E-state index in [1.54, 1.807) is 18.2 Å². The molecule has 2 amide bonds. The van der Waals surface area contributed by atoms with Crippen molar-refractivity contribution in [2.75, 3.05) is 50.2 Å². The minimum Gasteiger partial charge on any atom is -0.497 e. The van der Waals surface area contributed by atoms with Crippen LogP contribution in [0, 0.1) is 5.92 Å². The Morgan fingerprint density at radius 3 is 2.91 bits per heavy atom. The molecule has 0 aliphatic carbocycles. The number of nitrogens with zero attached hydrogens (tertiary/aromatic N) is 3. The first-order valence-electron chi connectivity index (χ1n) is 11.2. The van der Waals surface area contributed by atoms with E-state index < -0.39 is 0 Å². The Morgan fingerprint density at radius 2 is 2.09 bits per heavy atom. The van der Waals surface area contributed by atoms with Crippen LogP contribution in [0.5, 0.6) is 5.75 Å². The quantitative estimate of drug-likeness (QED) is 0.793. The van der Waals surface area contributed by atoms with Crippen LogP contribution in [0.1, 0.15) is 34.3 Å². The number of carbonyl (C=O) groups is 2. The second kappa shape index (κ2) is 8.78. The third-order valence-corrected chi connectivity index (χ3v) is 6.61. The number of aromatic nitrogens is 1. The Kier molecular flexibility index (Phi) is 5.70. The number of fused-ring (bicyclic) bond motifs is 2. The SMILES string of the molecule is COc1ccc2c(c1)CCN(C(=O)c1cnc3c(c1)N(CC1CCOCC1)C(=O)CN3)C2. The van der Waals surface area contributed by atoms with Crippen LogP contribution in [0.2, 0.25) is 0 Å². The lowest BCUT2D eigenvalue weighted by Crippen LogP contribution is -2.44. The van der Waals surface area contributed by atoms with Gasteiger partial charge in [0.25, 0.3) is 5.91 Å². The highest BCUT2D eigenvalue weighted by Crippen LogP contribution is 2.32. The zero-order chi connectivity index (χ0) is 22.1. The number of pyridine rings is 1. The number of nitrogens with one attached hydrogen (secondary N) is 1. The molecule has 3 aliphatic heterocycles. The van der Waals surface area contributed by atoms with Gasteiger partial charge < -0.3 is 24.6 Å². The number of benzene rings is 1. The van der Waals surface area contributed by atoms with E-state index in [1.165, 1.54) is 5.56 Å². The van der Waals surface area contributed by atoms with Gasteiger partial charge in [0, 0.05) is 39.0 Å². The molecule has 0 radical (unpaired) electrons. The van der Waals surface area contributed by atoms with Crippen LogP contribution >= 0.6 is 0 Å². The van der Waals surface area contributed by atoms with Crippen LogP contribution in [0.25, 0.3) is 0 Å². The van der Waals surface area contributed by atoms with Gasteiger partial charge in [-0.1, -0.05) is 6.07 Å². The molecular weight excluding hydrogens is 408 g/mol. The van der Waals surface area contributed by atoms with Crippen LogP contribution in [-0.4, -0.2) is 61.7 Å². The number of methoxy groups -OCH3 is 1. The highest BCUT2D eigenvalue weighted by Gasteiger charge is 2.30. The van der Waals surface area contributed by atoms with Gasteiger partial charge in [0.05, 0.1) is 24.9 Å². The molecule has 2 aromatic rings. The van der Waals surface area contributed by atoms with Crippen molar-refractivity contribution < 1.29 is 19.1 Å². The average Bonchev–Trinajstić information content (AvgIpc) is 2.85. The van der Waals surface area contributed by atoms with Crippen molar-refractivity contribution in [2.45, 2.75) is 25.8 Å². The summed E-state index contributed by atoms with van der Waals surface area (Å²) in [5, 5.41) is 3.09. The molecular formula is C24H28N4O4. The summed E-state index contributed by atoms with van der Waals surface area (Å²) in [6, 6.07) is 7.82. The van der Waals surface area contributed by atoms with E-state index in [1.807, 2.05) is 29.2 Å². The lowest BCUT2D eigenvalue weighted by Gasteiger charge is -2.34. The van der Waals surface area contributed by atoms with Crippen molar-refractivity contribution in [3.8, 4) is 5.75 Å². The molecule has 0 bridgehead atoms. The number of hydrogen-bond acceptors (Lipinski definition) is 6. The van der Waals surface area contributed by atoms with Gasteiger partial charge in [0.1, 0.15) is 11.6 Å². The lowest BCUT2D eigenvalue weighted by atomic mass is 9.98. The third-order valence-electron chi connectivity index (χ3n) is 6.61. The van der Waals surface area contributed by atoms with Crippen LogP contribution in [0.15, 0.2) is 30.5 Å². The Hall–Kier alpha value is -3.13. The second-order valence-corrected chi connectivity index (χ2v) is 8.62. The van der Waals surface area contributed by atoms with Crippen molar-refractivity contribution in [3.05, 3.63) is 47.2 Å². The molecule has 1 aromatic carbocycles. The molecule has 1 fully saturated rings. The number of ether oxygens (including phenoxy) is 2. The minimum atomic E-state index is -0.0641. The molecule has 0 spiro atoms. The minimum absolute atomic E-state index is 0.0104. The average molecular weight is 437 g/mol. The summed E-state index contributed by atoms with van der Waals surface area (Å²) < 4.78 is 10.8. The van der Waals surface area contributed by atoms with E-state index in [0.717, 1.165) is 43.8 Å². The Labute approximate surface area is 187 Å². The zero-order valence-electron chi connectivity index (χ0n) is 18.3. The molecule has 5 rings (SSSR count). The van der Waals surface area contributed by atoms with Gasteiger partial charge in [-0.15, -0.1) is 0 Å². The first-order valence-corrected chi connectivity index (χ1v) is 11.2. The fourth-order valence-corrected chi connectivity index (χ4v) is 4.70. The second-order valence-electron chi connectivity index (χ2n) is 8.62. The van der Waals surface area contributed by atoms with Gasteiger partial charge in [-0.2, -0.15) is 0 Å². The fraction of sp³-hybridized carbons (Fsp3) is 0.458. The highest BCUT2D eigenvalue weighted by atomic mass is 16.5. The molecule has 3 aliphatic rings. The molecule has 168 valence electrons. The van der Waals surface area contributed by atoms with Gasteiger partial charge in [-0.3, -0.25) is 9.59 Å². The first-order chi connectivity index (χ1) is 15.6. The molecule has 8 nitrogen and oxygen atoms in total. The molecule has 1 N–H and O–H groups in total. The predicted molar refractivity (Wildman–Crippen MR) is 120 cm³/mol. The molecule has 32 heavy (non-hydrogen) atoms. The van der Waals surface area contributed by atoms with E-state index in [4.69, 9.17) is 9.47 Å². The Balaban J connectivity index is 1.36. The van der Waals surface area contributed by atoms with Gasteiger partial charge in [0.15, 0.2) is 0 Å². The topological polar surface area (TPSA) is 84.0 Å². The zero-order valence-corrected chi connectivity index (χ0v) is 18.3. The smallest absolute Gasteiger partial charge is 0.255 e. The molecule has 4 heterocycles. The largest absolute Gasteiger partial charge is 0.497 e.